The van der Waals surface area contributed by atoms with E-state index in [2.05, 4.69) is 0 Å². The van der Waals surface area contributed by atoms with Crippen LogP contribution in [0.2, 0.25) is 20.1 Å². The number of hydrogen-bond donors (Lipinski definition) is 0. The van der Waals surface area contributed by atoms with Gasteiger partial charge in [0.1, 0.15) is 0 Å². The predicted octanol–water partition coefficient (Wildman–Crippen LogP) is 5.74. The number of halogens is 4. The number of rotatable bonds is 4. The molecule has 2 bridgehead atoms. The number of amides is 4. The molecule has 4 amide bonds. The number of hydrogen-bond acceptors (Lipinski definition) is 6. The fourth-order valence-corrected chi connectivity index (χ4v) is 8.15. The fourth-order valence-electron chi connectivity index (χ4n) is 7.57. The van der Waals surface area contributed by atoms with Crippen molar-refractivity contribution in [1.82, 2.24) is 0 Å². The number of imide groups is 2. The molecule has 2 heterocycles. The van der Waals surface area contributed by atoms with Crippen LogP contribution in [0.5, 0.6) is 0 Å². The number of allylic oxidation sites excluding steroid dienone is 1. The minimum Gasteiger partial charge on any atom is -0.463 e. The smallest absolute Gasteiger partial charge is 0.334 e. The van der Waals surface area contributed by atoms with Crippen LogP contribution in [0.3, 0.4) is 0 Å². The van der Waals surface area contributed by atoms with Crippen LogP contribution in [0.4, 0.5) is 11.4 Å². The van der Waals surface area contributed by atoms with E-state index in [1.807, 2.05) is 0 Å². The SMILES string of the molecule is CCOC(=O)C1=C(C)C2[C@@H]3C(=O)N(c4ccc(Cl)c(Cl)c4)C(=O)[C@H]3C1(C)[C@H]1C(=O)N(c3ccc(Cl)c(Cl)c3)C(=O)[C@@H]21. The molecule has 8 nitrogen and oxygen atoms in total. The highest BCUT2D eigenvalue weighted by Crippen LogP contribution is 2.69. The van der Waals surface area contributed by atoms with E-state index >= 15 is 0 Å². The van der Waals surface area contributed by atoms with Crippen LogP contribution in [-0.4, -0.2) is 36.2 Å². The standard InChI is InChI=1S/C29H22Cl4N2O6/c1-4-41-28(40)21-11(2)18-19-22(26(38)34(24(19)36)12-5-7-14(30)16(32)9-12)29(21,3)23-20(18)25(37)35(27(23)39)13-6-8-15(31)17(33)10-13/h5-10,18-20,22-23H,4H2,1-3H3/t18?,19-,20-,22-,23+,29?/m0/s1. The second-order valence-corrected chi connectivity index (χ2v) is 12.4. The van der Waals surface area contributed by atoms with E-state index in [1.165, 1.54) is 36.4 Å². The minimum absolute atomic E-state index is 0.0586. The van der Waals surface area contributed by atoms with Crippen molar-refractivity contribution in [1.29, 1.82) is 0 Å². The Morgan fingerprint density at radius 2 is 1.20 bits per heavy atom. The number of benzene rings is 2. The Bertz CT molecular complexity index is 1540. The summed E-state index contributed by atoms with van der Waals surface area (Å²) >= 11 is 24.6. The van der Waals surface area contributed by atoms with Gasteiger partial charge in [-0.05, 0) is 50.2 Å². The third-order valence-electron chi connectivity index (χ3n) is 9.00. The number of esters is 1. The fraction of sp³-hybridized carbons (Fsp3) is 0.345. The maximum atomic E-state index is 14.2. The average Bonchev–Trinajstić information content (AvgIpc) is 3.34. The number of ether oxygens (including phenoxy) is 1. The summed E-state index contributed by atoms with van der Waals surface area (Å²) in [5.74, 6) is -8.05. The first-order valence-corrected chi connectivity index (χ1v) is 14.4. The minimum atomic E-state index is -1.53. The molecule has 12 heteroatoms. The summed E-state index contributed by atoms with van der Waals surface area (Å²) in [6.07, 6.45) is 0. The molecule has 2 aliphatic heterocycles. The highest BCUT2D eigenvalue weighted by atomic mass is 35.5. The predicted molar refractivity (Wildman–Crippen MR) is 153 cm³/mol. The maximum absolute atomic E-state index is 14.2. The normalized spacial score (nSPS) is 30.4. The van der Waals surface area contributed by atoms with E-state index in [0.717, 1.165) is 9.80 Å². The molecule has 7 rings (SSSR count). The Labute approximate surface area is 255 Å². The van der Waals surface area contributed by atoms with E-state index in [4.69, 9.17) is 51.1 Å². The Morgan fingerprint density at radius 3 is 1.59 bits per heavy atom. The van der Waals surface area contributed by atoms with Gasteiger partial charge < -0.3 is 4.74 Å². The van der Waals surface area contributed by atoms with Crippen LogP contribution >= 0.6 is 46.4 Å². The molecule has 2 aromatic carbocycles. The molecule has 41 heavy (non-hydrogen) atoms. The third-order valence-corrected chi connectivity index (χ3v) is 10.5. The summed E-state index contributed by atoms with van der Waals surface area (Å²) in [6.45, 7) is 4.99. The molecular weight excluding hydrogens is 614 g/mol. The van der Waals surface area contributed by atoms with Crippen molar-refractivity contribution in [2.24, 2.45) is 35.0 Å². The molecule has 3 aliphatic carbocycles. The van der Waals surface area contributed by atoms with Gasteiger partial charge in [0.05, 0.1) is 61.7 Å². The van der Waals surface area contributed by atoms with Gasteiger partial charge in [0.25, 0.3) is 0 Å². The van der Waals surface area contributed by atoms with Gasteiger partial charge in [0, 0.05) is 16.9 Å². The lowest BCUT2D eigenvalue weighted by Gasteiger charge is -2.55. The highest BCUT2D eigenvalue weighted by molar-refractivity contribution is 6.43. The average molecular weight is 636 g/mol. The van der Waals surface area contributed by atoms with Gasteiger partial charge in [-0.1, -0.05) is 58.9 Å². The highest BCUT2D eigenvalue weighted by Gasteiger charge is 2.77. The van der Waals surface area contributed by atoms with E-state index in [0.29, 0.717) is 5.57 Å². The molecule has 3 fully saturated rings. The molecule has 0 radical (unpaired) electrons. The third kappa shape index (κ3) is 3.63. The van der Waals surface area contributed by atoms with Crippen LogP contribution < -0.4 is 9.80 Å². The molecule has 1 saturated carbocycles. The lowest BCUT2D eigenvalue weighted by Crippen LogP contribution is -2.61. The summed E-state index contributed by atoms with van der Waals surface area (Å²) in [4.78, 5) is 72.1. The van der Waals surface area contributed by atoms with Crippen LogP contribution in [0.25, 0.3) is 0 Å². The lowest BCUT2D eigenvalue weighted by molar-refractivity contribution is -0.155. The van der Waals surface area contributed by atoms with Crippen molar-refractivity contribution in [3.8, 4) is 0 Å². The monoisotopic (exact) mass is 634 g/mol. The first-order chi connectivity index (χ1) is 19.4. The molecule has 2 aromatic rings. The molecule has 0 aromatic heterocycles. The van der Waals surface area contributed by atoms with Crippen molar-refractivity contribution < 1.29 is 28.7 Å². The Morgan fingerprint density at radius 1 is 0.756 bits per heavy atom. The maximum Gasteiger partial charge on any atom is 0.334 e. The zero-order valence-corrected chi connectivity index (χ0v) is 24.9. The van der Waals surface area contributed by atoms with E-state index in [-0.39, 0.29) is 43.6 Å². The van der Waals surface area contributed by atoms with Gasteiger partial charge in [0.15, 0.2) is 0 Å². The van der Waals surface area contributed by atoms with Gasteiger partial charge >= 0.3 is 5.97 Å². The molecule has 5 aliphatic rings. The topological polar surface area (TPSA) is 101 Å². The molecule has 0 spiro atoms. The number of carbonyl (C=O) groups excluding carboxylic acids is 5. The first kappa shape index (κ1) is 28.2. The molecule has 2 unspecified atom stereocenters. The quantitative estimate of drug-likeness (QED) is 0.314. The Kier molecular flexibility index (Phi) is 6.58. The van der Waals surface area contributed by atoms with Crippen LogP contribution in [0.15, 0.2) is 47.5 Å². The lowest BCUT2D eigenvalue weighted by atomic mass is 9.43. The van der Waals surface area contributed by atoms with Gasteiger partial charge in [-0.2, -0.15) is 0 Å². The van der Waals surface area contributed by atoms with Gasteiger partial charge in [-0.15, -0.1) is 0 Å². The summed E-state index contributed by atoms with van der Waals surface area (Å²) in [6, 6.07) is 8.78. The van der Waals surface area contributed by atoms with Gasteiger partial charge in [0.2, 0.25) is 23.6 Å². The number of anilines is 2. The summed E-state index contributed by atoms with van der Waals surface area (Å²) in [5.41, 5.74) is -0.496. The molecule has 2 saturated heterocycles. The summed E-state index contributed by atoms with van der Waals surface area (Å²) < 4.78 is 5.39. The van der Waals surface area contributed by atoms with Gasteiger partial charge in [-0.25, -0.2) is 14.6 Å². The molecule has 6 atom stereocenters. The largest absolute Gasteiger partial charge is 0.463 e. The van der Waals surface area contributed by atoms with Crippen molar-refractivity contribution in [2.75, 3.05) is 16.4 Å². The van der Waals surface area contributed by atoms with E-state index in [9.17, 15) is 24.0 Å². The number of carbonyl (C=O) groups is 5. The second kappa shape index (κ2) is 9.56. The van der Waals surface area contributed by atoms with Crippen molar-refractivity contribution in [2.45, 2.75) is 20.8 Å². The van der Waals surface area contributed by atoms with Crippen molar-refractivity contribution in [3.63, 3.8) is 0 Å². The Balaban J connectivity index is 1.54. The molecule has 0 N–H and O–H groups in total. The molecular formula is C29H22Cl4N2O6. The zero-order chi connectivity index (χ0) is 29.7. The van der Waals surface area contributed by atoms with Crippen molar-refractivity contribution >= 4 is 87.4 Å². The molecule has 212 valence electrons. The summed E-state index contributed by atoms with van der Waals surface area (Å²) in [5, 5.41) is 0.785. The number of nitrogens with zero attached hydrogens (tertiary/aromatic N) is 2. The summed E-state index contributed by atoms with van der Waals surface area (Å²) in [7, 11) is 0. The van der Waals surface area contributed by atoms with Gasteiger partial charge in [-0.3, -0.25) is 19.2 Å². The van der Waals surface area contributed by atoms with Crippen LogP contribution in [0, 0.1) is 35.0 Å². The Hall–Kier alpha value is -2.91. The first-order valence-electron chi connectivity index (χ1n) is 12.9. The van der Waals surface area contributed by atoms with Crippen molar-refractivity contribution in [3.05, 3.63) is 67.6 Å². The zero-order valence-electron chi connectivity index (χ0n) is 21.9. The second-order valence-electron chi connectivity index (χ2n) is 10.8. The van der Waals surface area contributed by atoms with E-state index in [1.54, 1.807) is 20.8 Å². The van der Waals surface area contributed by atoms with E-state index < -0.39 is 64.6 Å². The van der Waals surface area contributed by atoms with Crippen LogP contribution in [0.1, 0.15) is 20.8 Å². The van der Waals surface area contributed by atoms with Crippen LogP contribution in [-0.2, 0) is 28.7 Å².